The molecule has 0 saturated heterocycles. The summed E-state index contributed by atoms with van der Waals surface area (Å²) in [7, 11) is 0. The van der Waals surface area contributed by atoms with Crippen molar-refractivity contribution in [1.29, 1.82) is 0 Å². The molecule has 0 aliphatic heterocycles. The first-order valence-corrected chi connectivity index (χ1v) is 7.67. The number of thioether (sulfide) groups is 1. The molecule has 0 spiro atoms. The molecule has 2 rings (SSSR count). The van der Waals surface area contributed by atoms with Crippen LogP contribution in [0.4, 0.5) is 0 Å². The number of nitrogens with one attached hydrogen (secondary N) is 2. The smallest absolute Gasteiger partial charge is 0.208 e. The molecule has 4 nitrogen and oxygen atoms in total. The topological polar surface area (TPSA) is 53.6 Å². The molecule has 1 saturated carbocycles. The number of hydrogen-bond donors (Lipinski definition) is 2. The third-order valence-electron chi connectivity index (χ3n) is 3.63. The summed E-state index contributed by atoms with van der Waals surface area (Å²) in [5.41, 5.74) is 0.439. The fraction of sp³-hybridized carbons (Fsp3) is 0.846. The highest BCUT2D eigenvalue weighted by Gasteiger charge is 2.35. The van der Waals surface area contributed by atoms with Gasteiger partial charge in [0.2, 0.25) is 5.16 Å². The molecule has 2 unspecified atom stereocenters. The van der Waals surface area contributed by atoms with Gasteiger partial charge in [-0.1, -0.05) is 32.5 Å². The summed E-state index contributed by atoms with van der Waals surface area (Å²) in [5, 5.41) is 12.2. The van der Waals surface area contributed by atoms with E-state index in [1.165, 1.54) is 19.3 Å². The highest BCUT2D eigenvalue weighted by Crippen LogP contribution is 2.41. The molecule has 102 valence electrons. The molecule has 0 aromatic carbocycles. The van der Waals surface area contributed by atoms with Crippen molar-refractivity contribution >= 4 is 11.8 Å². The Hall–Kier alpha value is -0.550. The highest BCUT2D eigenvalue weighted by atomic mass is 32.2. The molecular weight excluding hydrogens is 244 g/mol. The standard InChI is InChI=1S/C13H24N4S/c1-5-14-10-6-7-13(3,4)8-11(10)18-12-15-9(2)16-17-12/h10-11,14H,5-8H2,1-4H3,(H,15,16,17). The molecule has 0 bridgehead atoms. The van der Waals surface area contributed by atoms with Gasteiger partial charge in [0.1, 0.15) is 5.82 Å². The van der Waals surface area contributed by atoms with Crippen LogP contribution in [0.5, 0.6) is 0 Å². The average molecular weight is 268 g/mol. The Morgan fingerprint density at radius 1 is 1.50 bits per heavy atom. The van der Waals surface area contributed by atoms with Crippen molar-refractivity contribution in [3.8, 4) is 0 Å². The second-order valence-corrected chi connectivity index (χ2v) is 7.14. The molecule has 5 heteroatoms. The summed E-state index contributed by atoms with van der Waals surface area (Å²) in [5.74, 6) is 0.896. The molecule has 0 radical (unpaired) electrons. The second-order valence-electron chi connectivity index (χ2n) is 5.93. The maximum atomic E-state index is 4.42. The van der Waals surface area contributed by atoms with Gasteiger partial charge in [-0.2, -0.15) is 0 Å². The number of H-pyrrole nitrogens is 1. The third-order valence-corrected chi connectivity index (χ3v) is 4.83. The molecular formula is C13H24N4S. The lowest BCUT2D eigenvalue weighted by Gasteiger charge is -2.40. The quantitative estimate of drug-likeness (QED) is 0.881. The van der Waals surface area contributed by atoms with Crippen LogP contribution < -0.4 is 5.32 Å². The van der Waals surface area contributed by atoms with Gasteiger partial charge in [-0.25, -0.2) is 4.98 Å². The van der Waals surface area contributed by atoms with E-state index < -0.39 is 0 Å². The normalized spacial score (nSPS) is 27.3. The monoisotopic (exact) mass is 268 g/mol. The van der Waals surface area contributed by atoms with Crippen molar-refractivity contribution in [2.24, 2.45) is 5.41 Å². The largest absolute Gasteiger partial charge is 0.313 e. The number of nitrogens with zero attached hydrogens (tertiary/aromatic N) is 2. The van der Waals surface area contributed by atoms with E-state index in [4.69, 9.17) is 0 Å². The van der Waals surface area contributed by atoms with Crippen LogP contribution in [0.2, 0.25) is 0 Å². The van der Waals surface area contributed by atoms with Gasteiger partial charge < -0.3 is 5.32 Å². The molecule has 0 amide bonds. The number of aryl methyl sites for hydroxylation is 1. The van der Waals surface area contributed by atoms with Crippen LogP contribution in [0, 0.1) is 12.3 Å². The van der Waals surface area contributed by atoms with E-state index in [1.807, 2.05) is 18.7 Å². The van der Waals surface area contributed by atoms with E-state index in [9.17, 15) is 0 Å². The van der Waals surface area contributed by atoms with Gasteiger partial charge in [0.15, 0.2) is 0 Å². The first-order valence-electron chi connectivity index (χ1n) is 6.79. The van der Waals surface area contributed by atoms with Gasteiger partial charge in [0.25, 0.3) is 0 Å². The van der Waals surface area contributed by atoms with Crippen LogP contribution in [0.3, 0.4) is 0 Å². The van der Waals surface area contributed by atoms with E-state index in [-0.39, 0.29) is 0 Å². The van der Waals surface area contributed by atoms with Gasteiger partial charge >= 0.3 is 0 Å². The van der Waals surface area contributed by atoms with Crippen molar-refractivity contribution in [3.63, 3.8) is 0 Å². The predicted octanol–water partition coefficient (Wildman–Crippen LogP) is 2.76. The van der Waals surface area contributed by atoms with Crippen molar-refractivity contribution < 1.29 is 0 Å². The molecule has 1 heterocycles. The Morgan fingerprint density at radius 3 is 2.89 bits per heavy atom. The molecule has 1 aromatic rings. The van der Waals surface area contributed by atoms with Crippen LogP contribution in [0.1, 0.15) is 45.9 Å². The van der Waals surface area contributed by atoms with E-state index >= 15 is 0 Å². The summed E-state index contributed by atoms with van der Waals surface area (Å²) in [6.45, 7) is 9.90. The Balaban J connectivity index is 2.05. The van der Waals surface area contributed by atoms with E-state index in [0.717, 1.165) is 17.5 Å². The van der Waals surface area contributed by atoms with Gasteiger partial charge in [0, 0.05) is 11.3 Å². The molecule has 1 aliphatic rings. The van der Waals surface area contributed by atoms with Crippen LogP contribution in [-0.4, -0.2) is 33.0 Å². The number of hydrogen-bond acceptors (Lipinski definition) is 4. The Morgan fingerprint density at radius 2 is 2.28 bits per heavy atom. The minimum absolute atomic E-state index is 0.439. The highest BCUT2D eigenvalue weighted by molar-refractivity contribution is 7.99. The van der Waals surface area contributed by atoms with Crippen LogP contribution in [0.15, 0.2) is 5.16 Å². The number of aromatic nitrogens is 3. The predicted molar refractivity (Wildman–Crippen MR) is 75.9 cm³/mol. The minimum atomic E-state index is 0.439. The molecule has 2 N–H and O–H groups in total. The Bertz CT molecular complexity index is 388. The maximum Gasteiger partial charge on any atom is 0.208 e. The SMILES string of the molecule is CCNC1CCC(C)(C)CC1Sc1n[nH]c(C)n1. The molecule has 18 heavy (non-hydrogen) atoms. The van der Waals surface area contributed by atoms with Crippen molar-refractivity contribution in [2.45, 2.75) is 63.4 Å². The summed E-state index contributed by atoms with van der Waals surface area (Å²) in [6, 6.07) is 0.590. The van der Waals surface area contributed by atoms with E-state index in [2.05, 4.69) is 41.3 Å². The van der Waals surface area contributed by atoms with Crippen LogP contribution in [0.25, 0.3) is 0 Å². The van der Waals surface area contributed by atoms with Crippen molar-refractivity contribution in [3.05, 3.63) is 5.82 Å². The minimum Gasteiger partial charge on any atom is -0.313 e. The summed E-state index contributed by atoms with van der Waals surface area (Å²) in [6.07, 6.45) is 3.78. The molecule has 1 aliphatic carbocycles. The van der Waals surface area contributed by atoms with Gasteiger partial charge in [-0.15, -0.1) is 5.10 Å². The zero-order valence-electron chi connectivity index (χ0n) is 11.8. The molecule has 2 atom stereocenters. The first kappa shape index (κ1) is 13.9. The van der Waals surface area contributed by atoms with Gasteiger partial charge in [-0.3, -0.25) is 5.10 Å². The van der Waals surface area contributed by atoms with Crippen molar-refractivity contribution in [2.75, 3.05) is 6.54 Å². The van der Waals surface area contributed by atoms with Crippen molar-refractivity contribution in [1.82, 2.24) is 20.5 Å². The lowest BCUT2D eigenvalue weighted by atomic mass is 9.75. The first-order chi connectivity index (χ1) is 8.50. The van der Waals surface area contributed by atoms with Crippen LogP contribution in [-0.2, 0) is 0 Å². The Kier molecular flexibility index (Phi) is 4.33. The number of aromatic amines is 1. The second kappa shape index (κ2) is 5.61. The van der Waals surface area contributed by atoms with E-state index in [0.29, 0.717) is 16.7 Å². The summed E-state index contributed by atoms with van der Waals surface area (Å²) in [4.78, 5) is 4.42. The molecule has 1 aromatic heterocycles. The summed E-state index contributed by atoms with van der Waals surface area (Å²) >= 11 is 1.82. The van der Waals surface area contributed by atoms with Gasteiger partial charge in [0.05, 0.1) is 0 Å². The third kappa shape index (κ3) is 3.48. The van der Waals surface area contributed by atoms with Gasteiger partial charge in [-0.05, 0) is 38.1 Å². The van der Waals surface area contributed by atoms with Crippen LogP contribution >= 0.6 is 11.8 Å². The fourth-order valence-corrected chi connectivity index (χ4v) is 4.14. The Labute approximate surface area is 114 Å². The summed E-state index contributed by atoms with van der Waals surface area (Å²) < 4.78 is 0. The average Bonchev–Trinajstić information content (AvgIpc) is 2.68. The zero-order chi connectivity index (χ0) is 13.2. The molecule has 1 fully saturated rings. The van der Waals surface area contributed by atoms with E-state index in [1.54, 1.807) is 0 Å². The fourth-order valence-electron chi connectivity index (χ4n) is 2.65. The maximum absolute atomic E-state index is 4.42. The zero-order valence-corrected chi connectivity index (χ0v) is 12.6. The lowest BCUT2D eigenvalue weighted by Crippen LogP contribution is -2.44. The lowest BCUT2D eigenvalue weighted by molar-refractivity contribution is 0.215. The number of rotatable bonds is 4.